The van der Waals surface area contributed by atoms with Crippen molar-refractivity contribution in [1.82, 2.24) is 5.32 Å². The number of rotatable bonds is 4. The third-order valence-electron chi connectivity index (χ3n) is 5.65. The van der Waals surface area contributed by atoms with Gasteiger partial charge in [-0.1, -0.05) is 36.4 Å². The number of anilines is 1. The monoisotopic (exact) mass is 402 g/mol. The fraction of sp³-hybridized carbons (Fsp3) is 0.364. The summed E-state index contributed by atoms with van der Waals surface area (Å²) >= 11 is 0. The minimum Gasteiger partial charge on any atom is -0.344 e. The number of nitrogens with zero attached hydrogens (tertiary/aromatic N) is 1. The van der Waals surface area contributed by atoms with Crippen molar-refractivity contribution < 1.29 is 22.8 Å². The molecule has 4 rings (SSSR count). The van der Waals surface area contributed by atoms with Crippen molar-refractivity contribution in [2.24, 2.45) is 5.92 Å². The molecule has 1 fully saturated rings. The normalized spacial score (nSPS) is 21.4. The molecule has 0 bridgehead atoms. The quantitative estimate of drug-likeness (QED) is 0.843. The summed E-state index contributed by atoms with van der Waals surface area (Å²) in [6.07, 6.45) is -3.14. The Kier molecular flexibility index (Phi) is 4.84. The van der Waals surface area contributed by atoms with Gasteiger partial charge in [0.1, 0.15) is 6.04 Å². The van der Waals surface area contributed by atoms with E-state index in [-0.39, 0.29) is 17.7 Å². The first kappa shape index (κ1) is 19.5. The van der Waals surface area contributed by atoms with Crippen molar-refractivity contribution in [1.29, 1.82) is 0 Å². The van der Waals surface area contributed by atoms with Crippen LogP contribution in [0.15, 0.2) is 48.5 Å². The molecule has 2 amide bonds. The Balaban J connectivity index is 1.38. The van der Waals surface area contributed by atoms with Gasteiger partial charge in [0.15, 0.2) is 0 Å². The van der Waals surface area contributed by atoms with Crippen molar-refractivity contribution in [3.63, 3.8) is 0 Å². The molecule has 3 atom stereocenters. The maximum atomic E-state index is 12.9. The number of benzene rings is 2. The zero-order chi connectivity index (χ0) is 20.8. The van der Waals surface area contributed by atoms with Crippen LogP contribution in [-0.4, -0.2) is 24.4 Å². The largest absolute Gasteiger partial charge is 0.416 e. The second kappa shape index (κ2) is 7.21. The molecule has 0 saturated heterocycles. The Hall–Kier alpha value is -2.83. The summed E-state index contributed by atoms with van der Waals surface area (Å²) < 4.78 is 38.7. The molecule has 3 unspecified atom stereocenters. The Morgan fingerprint density at radius 2 is 1.90 bits per heavy atom. The molecule has 2 aromatic rings. The molecule has 1 aliphatic carbocycles. The Labute approximate surface area is 166 Å². The number of halogens is 3. The van der Waals surface area contributed by atoms with Crippen LogP contribution in [0.25, 0.3) is 0 Å². The van der Waals surface area contributed by atoms with Gasteiger partial charge in [-0.05, 0) is 48.9 Å². The first-order chi connectivity index (χ1) is 13.8. The average molecular weight is 402 g/mol. The highest BCUT2D eigenvalue weighted by Crippen LogP contribution is 2.48. The number of hydrogen-bond donors (Lipinski definition) is 1. The number of amides is 2. The molecule has 0 radical (unpaired) electrons. The van der Waals surface area contributed by atoms with Crippen LogP contribution in [0.5, 0.6) is 0 Å². The highest BCUT2D eigenvalue weighted by Gasteiger charge is 2.45. The molecule has 7 heteroatoms. The van der Waals surface area contributed by atoms with Gasteiger partial charge >= 0.3 is 6.18 Å². The molecule has 152 valence electrons. The first-order valence-corrected chi connectivity index (χ1v) is 9.62. The Bertz CT molecular complexity index is 957. The number of carbonyl (C=O) groups is 2. The maximum absolute atomic E-state index is 12.9. The minimum atomic E-state index is -4.41. The second-order valence-corrected chi connectivity index (χ2v) is 7.67. The van der Waals surface area contributed by atoms with Gasteiger partial charge in [0.25, 0.3) is 0 Å². The molecule has 2 aromatic carbocycles. The van der Waals surface area contributed by atoms with Crippen LogP contribution in [0, 0.1) is 5.92 Å². The van der Waals surface area contributed by atoms with Crippen molar-refractivity contribution in [2.45, 2.75) is 37.9 Å². The molecule has 1 heterocycles. The van der Waals surface area contributed by atoms with Crippen LogP contribution in [0.3, 0.4) is 0 Å². The summed E-state index contributed by atoms with van der Waals surface area (Å²) in [5.74, 6) is -1.12. The van der Waals surface area contributed by atoms with Gasteiger partial charge in [0.2, 0.25) is 11.8 Å². The fourth-order valence-corrected chi connectivity index (χ4v) is 3.98. The van der Waals surface area contributed by atoms with Crippen molar-refractivity contribution in [3.05, 3.63) is 65.2 Å². The van der Waals surface area contributed by atoms with Crippen LogP contribution in [-0.2, 0) is 22.2 Å². The van der Waals surface area contributed by atoms with Crippen LogP contribution >= 0.6 is 0 Å². The molecular formula is C22H21F3N2O2. The van der Waals surface area contributed by atoms with E-state index in [0.717, 1.165) is 29.8 Å². The van der Waals surface area contributed by atoms with E-state index >= 15 is 0 Å². The summed E-state index contributed by atoms with van der Waals surface area (Å²) in [5.41, 5.74) is 1.77. The predicted octanol–water partition coefficient (Wildman–Crippen LogP) is 3.90. The summed E-state index contributed by atoms with van der Waals surface area (Å²) in [6.45, 7) is 2.22. The second-order valence-electron chi connectivity index (χ2n) is 7.67. The van der Waals surface area contributed by atoms with E-state index in [1.54, 1.807) is 17.9 Å². The molecule has 4 nitrogen and oxygen atoms in total. The molecule has 1 saturated carbocycles. The lowest BCUT2D eigenvalue weighted by Crippen LogP contribution is -2.47. The Morgan fingerprint density at radius 1 is 1.14 bits per heavy atom. The molecule has 1 aliphatic heterocycles. The summed E-state index contributed by atoms with van der Waals surface area (Å²) in [5, 5.41) is 2.74. The number of fused-ring (bicyclic) bond motifs is 1. The zero-order valence-electron chi connectivity index (χ0n) is 15.9. The zero-order valence-corrected chi connectivity index (χ0v) is 15.9. The van der Waals surface area contributed by atoms with Gasteiger partial charge in [-0.15, -0.1) is 0 Å². The highest BCUT2D eigenvalue weighted by atomic mass is 19.4. The first-order valence-electron chi connectivity index (χ1n) is 9.62. The van der Waals surface area contributed by atoms with Crippen LogP contribution < -0.4 is 10.2 Å². The van der Waals surface area contributed by atoms with Crippen molar-refractivity contribution >= 4 is 17.5 Å². The number of para-hydroxylation sites is 1. The summed E-state index contributed by atoms with van der Waals surface area (Å²) in [6, 6.07) is 12.1. The van der Waals surface area contributed by atoms with E-state index in [4.69, 9.17) is 0 Å². The van der Waals surface area contributed by atoms with Gasteiger partial charge in [-0.25, -0.2) is 0 Å². The van der Waals surface area contributed by atoms with Crippen LogP contribution in [0.2, 0.25) is 0 Å². The van der Waals surface area contributed by atoms with E-state index in [1.807, 2.05) is 24.3 Å². The number of alkyl halides is 3. The molecule has 1 N–H and O–H groups in total. The van der Waals surface area contributed by atoms with Gasteiger partial charge < -0.3 is 10.2 Å². The molecular weight excluding hydrogens is 381 g/mol. The Morgan fingerprint density at radius 3 is 2.66 bits per heavy atom. The minimum absolute atomic E-state index is 0.181. The van der Waals surface area contributed by atoms with E-state index in [0.29, 0.717) is 18.5 Å². The van der Waals surface area contributed by atoms with E-state index in [9.17, 15) is 22.8 Å². The topological polar surface area (TPSA) is 49.4 Å². The number of nitrogens with one attached hydrogen (secondary N) is 1. The van der Waals surface area contributed by atoms with E-state index in [2.05, 4.69) is 5.32 Å². The third-order valence-corrected chi connectivity index (χ3v) is 5.65. The van der Waals surface area contributed by atoms with Crippen molar-refractivity contribution in [2.75, 3.05) is 11.4 Å². The van der Waals surface area contributed by atoms with Crippen LogP contribution in [0.1, 0.15) is 36.0 Å². The SMILES string of the molecule is CC(NC(=O)C1CC1c1cccc(C(F)(F)F)c1)C(=O)N1CCc2ccccc21. The van der Waals surface area contributed by atoms with Gasteiger partial charge in [0, 0.05) is 18.2 Å². The fourth-order valence-electron chi connectivity index (χ4n) is 3.98. The third kappa shape index (κ3) is 3.86. The maximum Gasteiger partial charge on any atom is 0.416 e. The van der Waals surface area contributed by atoms with Crippen molar-refractivity contribution in [3.8, 4) is 0 Å². The summed E-state index contributed by atoms with van der Waals surface area (Å²) in [4.78, 5) is 27.0. The molecule has 0 aromatic heterocycles. The standard InChI is InChI=1S/C22H21F3N2O2/c1-13(21(29)27-10-9-14-5-2-3-8-19(14)27)26-20(28)18-12-17(18)15-6-4-7-16(11-15)22(23,24)25/h2-8,11,13,17-18H,9-10,12H2,1H3,(H,26,28). The van der Waals surface area contributed by atoms with E-state index < -0.39 is 23.7 Å². The molecule has 29 heavy (non-hydrogen) atoms. The van der Waals surface area contributed by atoms with Gasteiger partial charge in [-0.2, -0.15) is 13.2 Å². The number of hydrogen-bond acceptors (Lipinski definition) is 2. The van der Waals surface area contributed by atoms with Gasteiger partial charge in [-0.3, -0.25) is 9.59 Å². The summed E-state index contributed by atoms with van der Waals surface area (Å²) in [7, 11) is 0. The lowest BCUT2D eigenvalue weighted by atomic mass is 10.1. The highest BCUT2D eigenvalue weighted by molar-refractivity contribution is 6.00. The average Bonchev–Trinajstić information content (AvgIpc) is 3.39. The lowest BCUT2D eigenvalue weighted by Gasteiger charge is -2.22. The lowest BCUT2D eigenvalue weighted by molar-refractivity contribution is -0.137. The predicted molar refractivity (Wildman–Crippen MR) is 102 cm³/mol. The smallest absolute Gasteiger partial charge is 0.344 e. The van der Waals surface area contributed by atoms with Crippen LogP contribution in [0.4, 0.5) is 18.9 Å². The van der Waals surface area contributed by atoms with E-state index in [1.165, 1.54) is 6.07 Å². The van der Waals surface area contributed by atoms with Gasteiger partial charge in [0.05, 0.1) is 5.56 Å². The number of carbonyl (C=O) groups excluding carboxylic acids is 2. The molecule has 2 aliphatic rings. The molecule has 0 spiro atoms.